The van der Waals surface area contributed by atoms with Crippen LogP contribution in [-0.2, 0) is 30.3 Å². The first kappa shape index (κ1) is 25.5. The van der Waals surface area contributed by atoms with Crippen LogP contribution in [0.2, 0.25) is 0 Å². The fourth-order valence-corrected chi connectivity index (χ4v) is 3.87. The number of aldehydes is 1. The fourth-order valence-electron chi connectivity index (χ4n) is 3.87. The summed E-state index contributed by atoms with van der Waals surface area (Å²) < 4.78 is 4.85. The number of ether oxygens (including phenoxy) is 1. The first-order chi connectivity index (χ1) is 15.5. The van der Waals surface area contributed by atoms with Crippen LogP contribution in [0.3, 0.4) is 0 Å². The normalized spacial score (nSPS) is 19.3. The van der Waals surface area contributed by atoms with E-state index in [9.17, 15) is 14.4 Å². The van der Waals surface area contributed by atoms with Gasteiger partial charge in [-0.1, -0.05) is 30.3 Å². The van der Waals surface area contributed by atoms with E-state index in [4.69, 9.17) is 9.53 Å². The first-order valence-electron chi connectivity index (χ1n) is 11.0. The van der Waals surface area contributed by atoms with Gasteiger partial charge in [-0.25, -0.2) is 4.79 Å². The molecule has 32 heavy (non-hydrogen) atoms. The van der Waals surface area contributed by atoms with Crippen molar-refractivity contribution >= 4 is 24.1 Å². The minimum atomic E-state index is -0.716. The number of esters is 1. The highest BCUT2D eigenvalue weighted by atomic mass is 16.5. The summed E-state index contributed by atoms with van der Waals surface area (Å²) in [5.74, 6) is -0.504. The molecule has 0 aromatic heterocycles. The molecule has 3 rings (SSSR count). The lowest BCUT2D eigenvalue weighted by Gasteiger charge is -2.35. The van der Waals surface area contributed by atoms with Gasteiger partial charge in [-0.05, 0) is 31.9 Å². The van der Waals surface area contributed by atoms with Crippen LogP contribution >= 0.6 is 0 Å². The number of hydrogen-bond acceptors (Lipinski definition) is 7. The summed E-state index contributed by atoms with van der Waals surface area (Å²) in [7, 11) is 1.32. The van der Waals surface area contributed by atoms with Gasteiger partial charge in [-0.3, -0.25) is 14.5 Å². The molecule has 2 aliphatic heterocycles. The van der Waals surface area contributed by atoms with Crippen molar-refractivity contribution in [2.24, 2.45) is 0 Å². The van der Waals surface area contributed by atoms with Crippen LogP contribution in [-0.4, -0.2) is 92.3 Å². The van der Waals surface area contributed by atoms with Crippen molar-refractivity contribution in [3.63, 3.8) is 0 Å². The second-order valence-corrected chi connectivity index (χ2v) is 7.82. The summed E-state index contributed by atoms with van der Waals surface area (Å²) >= 11 is 0. The molecule has 9 nitrogen and oxygen atoms in total. The summed E-state index contributed by atoms with van der Waals surface area (Å²) in [6.07, 6.45) is 3.08. The van der Waals surface area contributed by atoms with Gasteiger partial charge in [0.05, 0.1) is 19.7 Å². The van der Waals surface area contributed by atoms with E-state index in [1.807, 2.05) is 40.1 Å². The van der Waals surface area contributed by atoms with Gasteiger partial charge in [0.1, 0.15) is 12.3 Å². The summed E-state index contributed by atoms with van der Waals surface area (Å²) in [4.78, 5) is 49.8. The third kappa shape index (κ3) is 8.05. The fraction of sp³-hybridized carbons (Fsp3) is 0.565. The Balaban J connectivity index is 0.00000114. The summed E-state index contributed by atoms with van der Waals surface area (Å²) in [5.41, 5.74) is 0.954. The Morgan fingerprint density at radius 2 is 1.84 bits per heavy atom. The number of piperazine rings is 1. The van der Waals surface area contributed by atoms with Crippen molar-refractivity contribution in [2.45, 2.75) is 38.3 Å². The average Bonchev–Trinajstić information content (AvgIpc) is 3.34. The van der Waals surface area contributed by atoms with Crippen molar-refractivity contribution in [3.05, 3.63) is 35.9 Å². The standard InChI is InChI=1S/C21H30N4O4.C2H4O/c1-29-21(28)18(14-16-6-3-2-4-7-16)23-19(26)15-24-10-12-25(13-11-24)20(27)17-8-5-9-22-17;1-2-3/h2-4,6-7,17-18,22H,5,8-15H2,1H3,(H,23,26);2H,1H3/t17-,18-;/m0./s1. The minimum absolute atomic E-state index is 0.0522. The Labute approximate surface area is 189 Å². The summed E-state index contributed by atoms with van der Waals surface area (Å²) in [6.45, 7) is 5.08. The smallest absolute Gasteiger partial charge is 0.328 e. The molecule has 0 spiro atoms. The molecule has 2 saturated heterocycles. The number of nitrogens with zero attached hydrogens (tertiary/aromatic N) is 2. The Kier molecular flexibility index (Phi) is 10.8. The van der Waals surface area contributed by atoms with Crippen LogP contribution in [0.25, 0.3) is 0 Å². The highest BCUT2D eigenvalue weighted by molar-refractivity contribution is 5.86. The van der Waals surface area contributed by atoms with E-state index >= 15 is 0 Å². The maximum absolute atomic E-state index is 12.5. The Morgan fingerprint density at radius 1 is 1.19 bits per heavy atom. The highest BCUT2D eigenvalue weighted by Gasteiger charge is 2.30. The van der Waals surface area contributed by atoms with E-state index in [0.29, 0.717) is 32.6 Å². The number of amides is 2. The van der Waals surface area contributed by atoms with Gasteiger partial charge in [-0.15, -0.1) is 0 Å². The third-order valence-electron chi connectivity index (χ3n) is 5.51. The molecule has 2 heterocycles. The van der Waals surface area contributed by atoms with Gasteiger partial charge in [0.15, 0.2) is 0 Å². The Bertz CT molecular complexity index is 744. The van der Waals surface area contributed by atoms with Crippen LogP contribution in [0, 0.1) is 0 Å². The number of hydrogen-bond donors (Lipinski definition) is 2. The molecule has 2 atom stereocenters. The number of carbonyl (C=O) groups excluding carboxylic acids is 4. The SMILES string of the molecule is CC=O.COC(=O)[C@H](Cc1ccccc1)NC(=O)CN1CCN(C(=O)[C@@H]2CCCN2)CC1. The van der Waals surface area contributed by atoms with E-state index in [0.717, 1.165) is 31.2 Å². The first-order valence-corrected chi connectivity index (χ1v) is 11.0. The van der Waals surface area contributed by atoms with E-state index in [1.165, 1.54) is 14.0 Å². The minimum Gasteiger partial charge on any atom is -0.467 e. The number of carbonyl (C=O) groups is 4. The Morgan fingerprint density at radius 3 is 2.41 bits per heavy atom. The molecule has 176 valence electrons. The van der Waals surface area contributed by atoms with Crippen molar-refractivity contribution in [3.8, 4) is 0 Å². The van der Waals surface area contributed by atoms with Crippen molar-refractivity contribution in [2.75, 3.05) is 46.4 Å². The van der Waals surface area contributed by atoms with Crippen LogP contribution in [0.4, 0.5) is 0 Å². The van der Waals surface area contributed by atoms with Crippen LogP contribution in [0.1, 0.15) is 25.3 Å². The van der Waals surface area contributed by atoms with Gasteiger partial charge in [0.2, 0.25) is 11.8 Å². The van der Waals surface area contributed by atoms with Gasteiger partial charge in [0.25, 0.3) is 0 Å². The van der Waals surface area contributed by atoms with E-state index in [-0.39, 0.29) is 24.4 Å². The molecule has 2 N–H and O–H groups in total. The molecule has 1 aromatic rings. The maximum Gasteiger partial charge on any atom is 0.328 e. The molecule has 0 unspecified atom stereocenters. The van der Waals surface area contributed by atoms with Gasteiger partial charge >= 0.3 is 5.97 Å². The molecule has 0 aliphatic carbocycles. The lowest BCUT2D eigenvalue weighted by molar-refractivity contribution is -0.145. The van der Waals surface area contributed by atoms with Gasteiger partial charge in [-0.2, -0.15) is 0 Å². The molecule has 0 bridgehead atoms. The molecular weight excluding hydrogens is 412 g/mol. The molecule has 9 heteroatoms. The predicted molar refractivity (Wildman–Crippen MR) is 120 cm³/mol. The van der Waals surface area contributed by atoms with Crippen molar-refractivity contribution in [1.82, 2.24) is 20.4 Å². The lowest BCUT2D eigenvalue weighted by Crippen LogP contribution is -2.55. The van der Waals surface area contributed by atoms with Gasteiger partial charge in [0, 0.05) is 32.6 Å². The average molecular weight is 447 g/mol. The monoisotopic (exact) mass is 446 g/mol. The molecular formula is C23H34N4O5. The van der Waals surface area contributed by atoms with Gasteiger partial charge < -0.3 is 25.1 Å². The van der Waals surface area contributed by atoms with Crippen LogP contribution in [0.15, 0.2) is 30.3 Å². The number of nitrogens with one attached hydrogen (secondary N) is 2. The van der Waals surface area contributed by atoms with E-state index in [1.54, 1.807) is 0 Å². The zero-order chi connectivity index (χ0) is 23.3. The largest absolute Gasteiger partial charge is 0.467 e. The van der Waals surface area contributed by atoms with Crippen LogP contribution < -0.4 is 10.6 Å². The third-order valence-corrected chi connectivity index (χ3v) is 5.51. The molecule has 0 saturated carbocycles. The van der Waals surface area contributed by atoms with E-state index in [2.05, 4.69) is 10.6 Å². The zero-order valence-corrected chi connectivity index (χ0v) is 18.9. The molecule has 2 aliphatic rings. The molecule has 2 amide bonds. The topological polar surface area (TPSA) is 108 Å². The van der Waals surface area contributed by atoms with Crippen molar-refractivity contribution < 1.29 is 23.9 Å². The quantitative estimate of drug-likeness (QED) is 0.448. The number of benzene rings is 1. The van der Waals surface area contributed by atoms with E-state index < -0.39 is 12.0 Å². The molecule has 1 aromatic carbocycles. The second-order valence-electron chi connectivity index (χ2n) is 7.82. The maximum atomic E-state index is 12.5. The number of rotatable bonds is 7. The Hall–Kier alpha value is -2.78. The van der Waals surface area contributed by atoms with Crippen LogP contribution in [0.5, 0.6) is 0 Å². The number of methoxy groups -OCH3 is 1. The zero-order valence-electron chi connectivity index (χ0n) is 18.9. The molecule has 0 radical (unpaired) electrons. The summed E-state index contributed by atoms with van der Waals surface area (Å²) in [6, 6.07) is 8.76. The van der Waals surface area contributed by atoms with Crippen molar-refractivity contribution in [1.29, 1.82) is 0 Å². The summed E-state index contributed by atoms with van der Waals surface area (Å²) in [5, 5.41) is 6.04. The predicted octanol–water partition coefficient (Wildman–Crippen LogP) is -0.0117. The lowest BCUT2D eigenvalue weighted by atomic mass is 10.1. The second kappa shape index (κ2) is 13.6. The highest BCUT2D eigenvalue weighted by Crippen LogP contribution is 2.11. The molecule has 2 fully saturated rings.